The van der Waals surface area contributed by atoms with Gasteiger partial charge in [-0.1, -0.05) is 0 Å². The van der Waals surface area contributed by atoms with Gasteiger partial charge in [-0.3, -0.25) is 0 Å². The van der Waals surface area contributed by atoms with Crippen LogP contribution >= 0.6 is 12.2 Å². The Morgan fingerprint density at radius 2 is 1.57 bits per heavy atom. The lowest BCUT2D eigenvalue weighted by molar-refractivity contribution is 0.0730. The largest absolute Gasteiger partial charge is 0.494 e. The van der Waals surface area contributed by atoms with Gasteiger partial charge in [-0.2, -0.15) is 4.31 Å². The van der Waals surface area contributed by atoms with Gasteiger partial charge in [0.25, 0.3) is 0 Å². The third-order valence-electron chi connectivity index (χ3n) is 4.14. The Labute approximate surface area is 170 Å². The Hall–Kier alpha value is -2.20. The molecule has 0 spiro atoms. The van der Waals surface area contributed by atoms with Gasteiger partial charge in [-0.05, 0) is 67.7 Å². The van der Waals surface area contributed by atoms with Gasteiger partial charge in [0, 0.05) is 24.5 Å². The van der Waals surface area contributed by atoms with Crippen LogP contribution in [0.5, 0.6) is 5.75 Å². The summed E-state index contributed by atoms with van der Waals surface area (Å²) < 4.78 is 37.3. The fraction of sp³-hybridized carbons (Fsp3) is 0.316. The third kappa shape index (κ3) is 5.20. The van der Waals surface area contributed by atoms with Crippen molar-refractivity contribution in [3.8, 4) is 5.75 Å². The van der Waals surface area contributed by atoms with Crippen molar-refractivity contribution in [2.75, 3.05) is 43.5 Å². The number of sulfonamides is 1. The molecule has 0 radical (unpaired) electrons. The van der Waals surface area contributed by atoms with E-state index in [1.165, 1.54) is 4.31 Å². The average Bonchev–Trinajstić information content (AvgIpc) is 2.71. The van der Waals surface area contributed by atoms with E-state index in [0.717, 1.165) is 11.4 Å². The first-order valence-electron chi connectivity index (χ1n) is 8.98. The fourth-order valence-electron chi connectivity index (χ4n) is 2.74. The highest BCUT2D eigenvalue weighted by Gasteiger charge is 2.26. The van der Waals surface area contributed by atoms with E-state index in [1.807, 2.05) is 31.2 Å². The lowest BCUT2D eigenvalue weighted by atomic mass is 10.3. The Bertz CT molecular complexity index is 894. The molecule has 0 aromatic heterocycles. The van der Waals surface area contributed by atoms with Crippen molar-refractivity contribution in [3.63, 3.8) is 0 Å². The molecule has 7 nitrogen and oxygen atoms in total. The number of benzene rings is 2. The predicted octanol–water partition coefficient (Wildman–Crippen LogP) is 2.92. The molecular formula is C19H23N3O4S2. The molecule has 0 saturated carbocycles. The van der Waals surface area contributed by atoms with Crippen molar-refractivity contribution in [2.24, 2.45) is 0 Å². The van der Waals surface area contributed by atoms with Crippen molar-refractivity contribution in [1.82, 2.24) is 4.31 Å². The van der Waals surface area contributed by atoms with E-state index in [2.05, 4.69) is 10.6 Å². The molecule has 0 aliphatic carbocycles. The van der Waals surface area contributed by atoms with E-state index >= 15 is 0 Å². The molecule has 1 aliphatic rings. The first-order valence-corrected chi connectivity index (χ1v) is 10.8. The maximum absolute atomic E-state index is 12.6. The summed E-state index contributed by atoms with van der Waals surface area (Å²) in [5.41, 5.74) is 1.52. The van der Waals surface area contributed by atoms with Gasteiger partial charge in [0.15, 0.2) is 5.11 Å². The minimum atomic E-state index is -3.50. The van der Waals surface area contributed by atoms with Crippen LogP contribution in [-0.2, 0) is 14.8 Å². The monoisotopic (exact) mass is 421 g/mol. The topological polar surface area (TPSA) is 79.9 Å². The van der Waals surface area contributed by atoms with Gasteiger partial charge >= 0.3 is 0 Å². The lowest BCUT2D eigenvalue weighted by Gasteiger charge is -2.26. The number of hydrogen-bond acceptors (Lipinski definition) is 5. The zero-order valence-corrected chi connectivity index (χ0v) is 17.2. The highest BCUT2D eigenvalue weighted by Crippen LogP contribution is 2.20. The maximum atomic E-state index is 12.6. The van der Waals surface area contributed by atoms with Crippen LogP contribution in [0.4, 0.5) is 11.4 Å². The molecule has 1 fully saturated rings. The molecule has 2 N–H and O–H groups in total. The molecule has 2 aromatic rings. The number of nitrogens with one attached hydrogen (secondary N) is 2. The molecule has 0 bridgehead atoms. The van der Waals surface area contributed by atoms with Gasteiger partial charge in [-0.15, -0.1) is 0 Å². The lowest BCUT2D eigenvalue weighted by Crippen LogP contribution is -2.40. The molecule has 1 saturated heterocycles. The zero-order chi connectivity index (χ0) is 20.0. The van der Waals surface area contributed by atoms with Gasteiger partial charge in [0.05, 0.1) is 24.7 Å². The summed E-state index contributed by atoms with van der Waals surface area (Å²) in [5, 5.41) is 6.54. The van der Waals surface area contributed by atoms with Gasteiger partial charge in [0.1, 0.15) is 5.75 Å². The van der Waals surface area contributed by atoms with Crippen molar-refractivity contribution >= 4 is 38.7 Å². The summed E-state index contributed by atoms with van der Waals surface area (Å²) in [6.45, 7) is 4.14. The smallest absolute Gasteiger partial charge is 0.243 e. The molecule has 150 valence electrons. The van der Waals surface area contributed by atoms with Gasteiger partial charge in [0.2, 0.25) is 10.0 Å². The van der Waals surface area contributed by atoms with Crippen LogP contribution in [-0.4, -0.2) is 50.7 Å². The predicted molar refractivity (Wildman–Crippen MR) is 113 cm³/mol. The third-order valence-corrected chi connectivity index (χ3v) is 6.26. The standard InChI is InChI=1S/C19H23N3O4S2/c1-2-26-17-7-3-15(4-8-17)20-19(27)21-16-5-9-18(10-6-16)28(23,24)22-11-13-25-14-12-22/h3-10H,2,11-14H2,1H3,(H2,20,21,27). The molecule has 1 heterocycles. The van der Waals surface area contributed by atoms with Crippen LogP contribution in [0.1, 0.15) is 6.92 Å². The van der Waals surface area contributed by atoms with Crippen molar-refractivity contribution < 1.29 is 17.9 Å². The summed E-state index contributed by atoms with van der Waals surface area (Å²) in [5.74, 6) is 0.795. The Morgan fingerprint density at radius 3 is 2.11 bits per heavy atom. The van der Waals surface area contributed by atoms with Gasteiger partial charge in [-0.25, -0.2) is 8.42 Å². The molecule has 1 aliphatic heterocycles. The minimum absolute atomic E-state index is 0.255. The Morgan fingerprint density at radius 1 is 1.04 bits per heavy atom. The fourth-order valence-corrected chi connectivity index (χ4v) is 4.38. The highest BCUT2D eigenvalue weighted by atomic mass is 32.2. The number of hydrogen-bond donors (Lipinski definition) is 2. The van der Waals surface area contributed by atoms with Crippen molar-refractivity contribution in [1.29, 1.82) is 0 Å². The zero-order valence-electron chi connectivity index (χ0n) is 15.6. The molecular weight excluding hydrogens is 398 g/mol. The second-order valence-corrected chi connectivity index (χ2v) is 8.42. The first kappa shape index (κ1) is 20.5. The summed E-state index contributed by atoms with van der Waals surface area (Å²) in [7, 11) is -3.50. The number of morpholine rings is 1. The first-order chi connectivity index (χ1) is 13.5. The van der Waals surface area contributed by atoms with Crippen molar-refractivity contribution in [2.45, 2.75) is 11.8 Å². The number of anilines is 2. The van der Waals surface area contributed by atoms with Crippen LogP contribution in [0, 0.1) is 0 Å². The SMILES string of the molecule is CCOc1ccc(NC(=S)Nc2ccc(S(=O)(=O)N3CCOCC3)cc2)cc1. The average molecular weight is 422 g/mol. The Kier molecular flexibility index (Phi) is 6.84. The second-order valence-electron chi connectivity index (χ2n) is 6.08. The number of nitrogens with zero attached hydrogens (tertiary/aromatic N) is 1. The van der Waals surface area contributed by atoms with Crippen LogP contribution in [0.3, 0.4) is 0 Å². The van der Waals surface area contributed by atoms with Crippen LogP contribution in [0.2, 0.25) is 0 Å². The highest BCUT2D eigenvalue weighted by molar-refractivity contribution is 7.89. The molecule has 28 heavy (non-hydrogen) atoms. The molecule has 2 aromatic carbocycles. The quantitative estimate of drug-likeness (QED) is 0.694. The van der Waals surface area contributed by atoms with E-state index < -0.39 is 10.0 Å². The van der Waals surface area contributed by atoms with E-state index in [1.54, 1.807) is 24.3 Å². The van der Waals surface area contributed by atoms with E-state index in [4.69, 9.17) is 21.7 Å². The number of rotatable bonds is 6. The molecule has 0 unspecified atom stereocenters. The molecule has 9 heteroatoms. The van der Waals surface area contributed by atoms with E-state index in [-0.39, 0.29) is 4.90 Å². The second kappa shape index (κ2) is 9.33. The maximum Gasteiger partial charge on any atom is 0.243 e. The van der Waals surface area contributed by atoms with Crippen LogP contribution in [0.15, 0.2) is 53.4 Å². The van der Waals surface area contributed by atoms with E-state index in [0.29, 0.717) is 43.7 Å². The summed E-state index contributed by atoms with van der Waals surface area (Å²) in [6.07, 6.45) is 0. The molecule has 0 amide bonds. The van der Waals surface area contributed by atoms with E-state index in [9.17, 15) is 8.42 Å². The molecule has 3 rings (SSSR count). The van der Waals surface area contributed by atoms with Gasteiger partial charge < -0.3 is 20.1 Å². The number of ether oxygens (including phenoxy) is 2. The van der Waals surface area contributed by atoms with Crippen molar-refractivity contribution in [3.05, 3.63) is 48.5 Å². The number of thiocarbonyl (C=S) groups is 1. The normalized spacial score (nSPS) is 15.0. The Balaban J connectivity index is 1.59. The van der Waals surface area contributed by atoms with Crippen LogP contribution < -0.4 is 15.4 Å². The molecule has 0 atom stereocenters. The summed E-state index contributed by atoms with van der Waals surface area (Å²) in [6, 6.07) is 14.0. The summed E-state index contributed by atoms with van der Waals surface area (Å²) >= 11 is 5.32. The van der Waals surface area contributed by atoms with Crippen LogP contribution in [0.25, 0.3) is 0 Å². The summed E-state index contributed by atoms with van der Waals surface area (Å²) in [4.78, 5) is 0.255. The minimum Gasteiger partial charge on any atom is -0.494 e.